The van der Waals surface area contributed by atoms with E-state index in [4.69, 9.17) is 0 Å². The van der Waals surface area contributed by atoms with Crippen LogP contribution in [0.5, 0.6) is 0 Å². The zero-order valence-corrected chi connectivity index (χ0v) is 18.1. The third kappa shape index (κ3) is 5.44. The summed E-state index contributed by atoms with van der Waals surface area (Å²) in [6.07, 6.45) is 0.228. The highest BCUT2D eigenvalue weighted by atomic mass is 16.2. The minimum atomic E-state index is -0.229. The number of amides is 2. The van der Waals surface area contributed by atoms with Gasteiger partial charge in [-0.05, 0) is 51.7 Å². The molecule has 2 N–H and O–H groups in total. The topological polar surface area (TPSA) is 76.0 Å². The molecule has 0 saturated heterocycles. The van der Waals surface area contributed by atoms with Gasteiger partial charge in [0.1, 0.15) is 0 Å². The number of carbonyl (C=O) groups excluding carboxylic acids is 2. The van der Waals surface area contributed by atoms with Crippen molar-refractivity contribution in [3.8, 4) is 0 Å². The molecule has 1 aromatic carbocycles. The molecule has 152 valence electrons. The molecule has 0 aliphatic carbocycles. The molecule has 2 amide bonds. The Morgan fingerprint density at radius 3 is 2.21 bits per heavy atom. The zero-order chi connectivity index (χ0) is 21.0. The summed E-state index contributed by atoms with van der Waals surface area (Å²) in [5, 5.41) is 10.2. The largest absolute Gasteiger partial charge is 0.347 e. The van der Waals surface area contributed by atoms with E-state index in [2.05, 4.69) is 29.6 Å². The van der Waals surface area contributed by atoms with Gasteiger partial charge in [-0.1, -0.05) is 31.5 Å². The number of hydrogen-bond donors (Lipinski definition) is 2. The quantitative estimate of drug-likeness (QED) is 0.768. The Bertz CT molecular complexity index is 858. The van der Waals surface area contributed by atoms with E-state index in [1.54, 1.807) is 0 Å². The number of rotatable bonds is 7. The predicted octanol–water partition coefficient (Wildman–Crippen LogP) is 3.38. The van der Waals surface area contributed by atoms with E-state index in [9.17, 15) is 9.59 Å². The summed E-state index contributed by atoms with van der Waals surface area (Å²) in [4.78, 5) is 24.6. The summed E-state index contributed by atoms with van der Waals surface area (Å²) in [6.45, 7) is 14.9. The SMILES string of the molecule is Cc1cc(C)c(NC(=O)CNC(=O)Cc2c(C)nn(CC(C)C)c2C)c(C)c1. The summed E-state index contributed by atoms with van der Waals surface area (Å²) >= 11 is 0. The van der Waals surface area contributed by atoms with Crippen LogP contribution in [-0.4, -0.2) is 28.1 Å². The molecule has 0 saturated carbocycles. The Morgan fingerprint density at radius 2 is 1.64 bits per heavy atom. The molecule has 28 heavy (non-hydrogen) atoms. The van der Waals surface area contributed by atoms with Crippen molar-refractivity contribution in [3.05, 3.63) is 45.8 Å². The van der Waals surface area contributed by atoms with Gasteiger partial charge in [0.05, 0.1) is 18.7 Å². The molecule has 2 aromatic rings. The van der Waals surface area contributed by atoms with Crippen molar-refractivity contribution in [1.29, 1.82) is 0 Å². The number of hydrogen-bond acceptors (Lipinski definition) is 3. The van der Waals surface area contributed by atoms with Crippen molar-refractivity contribution >= 4 is 17.5 Å². The van der Waals surface area contributed by atoms with Crippen LogP contribution in [0.4, 0.5) is 5.69 Å². The van der Waals surface area contributed by atoms with Crippen molar-refractivity contribution in [2.24, 2.45) is 5.92 Å². The molecule has 0 aliphatic rings. The monoisotopic (exact) mass is 384 g/mol. The van der Waals surface area contributed by atoms with Gasteiger partial charge < -0.3 is 10.6 Å². The van der Waals surface area contributed by atoms with Crippen LogP contribution in [0.3, 0.4) is 0 Å². The lowest BCUT2D eigenvalue weighted by Crippen LogP contribution is -2.34. The van der Waals surface area contributed by atoms with Crippen LogP contribution in [0.1, 0.15) is 47.5 Å². The molecule has 6 nitrogen and oxygen atoms in total. The fourth-order valence-electron chi connectivity index (χ4n) is 3.48. The lowest BCUT2D eigenvalue weighted by molar-refractivity contribution is -0.123. The van der Waals surface area contributed by atoms with Crippen LogP contribution in [0.15, 0.2) is 12.1 Å². The summed E-state index contributed by atoms with van der Waals surface area (Å²) in [7, 11) is 0. The minimum Gasteiger partial charge on any atom is -0.347 e. The molecule has 1 heterocycles. The zero-order valence-electron chi connectivity index (χ0n) is 18.1. The van der Waals surface area contributed by atoms with Crippen molar-refractivity contribution in [1.82, 2.24) is 15.1 Å². The molecule has 6 heteroatoms. The van der Waals surface area contributed by atoms with Gasteiger partial charge in [-0.2, -0.15) is 5.10 Å². The van der Waals surface area contributed by atoms with E-state index in [1.165, 1.54) is 0 Å². The number of carbonyl (C=O) groups is 2. The second kappa shape index (κ2) is 9.04. The molecule has 2 rings (SSSR count). The first-order valence-corrected chi connectivity index (χ1v) is 9.75. The molecular formula is C22H32N4O2. The first kappa shape index (κ1) is 21.7. The first-order valence-electron chi connectivity index (χ1n) is 9.75. The lowest BCUT2D eigenvalue weighted by Gasteiger charge is -2.13. The van der Waals surface area contributed by atoms with Gasteiger partial charge in [-0.3, -0.25) is 14.3 Å². The summed E-state index contributed by atoms with van der Waals surface area (Å²) < 4.78 is 1.96. The maximum absolute atomic E-state index is 12.4. The average Bonchev–Trinajstić information content (AvgIpc) is 2.83. The van der Waals surface area contributed by atoms with Gasteiger partial charge in [0.2, 0.25) is 11.8 Å². The normalized spacial score (nSPS) is 11.0. The van der Waals surface area contributed by atoms with E-state index >= 15 is 0 Å². The number of anilines is 1. The highest BCUT2D eigenvalue weighted by Gasteiger charge is 2.16. The molecule has 0 radical (unpaired) electrons. The van der Waals surface area contributed by atoms with Crippen LogP contribution in [0.25, 0.3) is 0 Å². The van der Waals surface area contributed by atoms with Crippen molar-refractivity contribution in [3.63, 3.8) is 0 Å². The Labute approximate surface area is 167 Å². The number of aryl methyl sites for hydroxylation is 4. The lowest BCUT2D eigenvalue weighted by atomic mass is 10.1. The van der Waals surface area contributed by atoms with Gasteiger partial charge in [0.25, 0.3) is 0 Å². The number of nitrogens with zero attached hydrogens (tertiary/aromatic N) is 2. The van der Waals surface area contributed by atoms with Crippen LogP contribution >= 0.6 is 0 Å². The highest BCUT2D eigenvalue weighted by molar-refractivity contribution is 5.96. The minimum absolute atomic E-state index is 0.0518. The molecule has 1 aromatic heterocycles. The van der Waals surface area contributed by atoms with E-state index < -0.39 is 0 Å². The van der Waals surface area contributed by atoms with Crippen LogP contribution in [-0.2, 0) is 22.6 Å². The van der Waals surface area contributed by atoms with Crippen LogP contribution in [0.2, 0.25) is 0 Å². The van der Waals surface area contributed by atoms with Crippen molar-refractivity contribution < 1.29 is 9.59 Å². The molecular weight excluding hydrogens is 352 g/mol. The number of benzene rings is 1. The first-order chi connectivity index (χ1) is 13.1. The second-order valence-corrected chi connectivity index (χ2v) is 8.00. The Morgan fingerprint density at radius 1 is 1.04 bits per heavy atom. The fourth-order valence-corrected chi connectivity index (χ4v) is 3.48. The molecule has 0 unspecified atom stereocenters. The molecule has 0 fully saturated rings. The third-order valence-corrected chi connectivity index (χ3v) is 4.79. The van der Waals surface area contributed by atoms with E-state index in [0.717, 1.165) is 45.9 Å². The van der Waals surface area contributed by atoms with Crippen molar-refractivity contribution in [2.75, 3.05) is 11.9 Å². The third-order valence-electron chi connectivity index (χ3n) is 4.79. The average molecular weight is 385 g/mol. The summed E-state index contributed by atoms with van der Waals surface area (Å²) in [5.74, 6) is 0.0761. The number of nitrogens with one attached hydrogen (secondary N) is 2. The van der Waals surface area contributed by atoms with Crippen LogP contribution in [0, 0.1) is 40.5 Å². The van der Waals surface area contributed by atoms with Crippen LogP contribution < -0.4 is 10.6 Å². The van der Waals surface area contributed by atoms with E-state index in [1.807, 2.05) is 51.4 Å². The molecule has 0 spiro atoms. The molecule has 0 atom stereocenters. The summed E-state index contributed by atoms with van der Waals surface area (Å²) in [5.41, 5.74) is 6.81. The molecule has 0 bridgehead atoms. The highest BCUT2D eigenvalue weighted by Crippen LogP contribution is 2.21. The maximum atomic E-state index is 12.4. The smallest absolute Gasteiger partial charge is 0.243 e. The summed E-state index contributed by atoms with van der Waals surface area (Å²) in [6, 6.07) is 4.06. The maximum Gasteiger partial charge on any atom is 0.243 e. The fraction of sp³-hybridized carbons (Fsp3) is 0.500. The van der Waals surface area contributed by atoms with Gasteiger partial charge >= 0.3 is 0 Å². The Hall–Kier alpha value is -2.63. The van der Waals surface area contributed by atoms with Gasteiger partial charge in [0.15, 0.2) is 0 Å². The number of aromatic nitrogens is 2. The van der Waals surface area contributed by atoms with Crippen molar-refractivity contribution in [2.45, 2.75) is 61.4 Å². The Kier molecular flexibility index (Phi) is 7.00. The van der Waals surface area contributed by atoms with Gasteiger partial charge in [-0.25, -0.2) is 0 Å². The van der Waals surface area contributed by atoms with E-state index in [0.29, 0.717) is 5.92 Å². The Balaban J connectivity index is 1.94. The van der Waals surface area contributed by atoms with Gasteiger partial charge in [-0.15, -0.1) is 0 Å². The molecule has 0 aliphatic heterocycles. The standard InChI is InChI=1S/C22H32N4O2/c1-13(2)12-26-18(7)19(17(6)25-26)10-20(27)23-11-21(28)24-22-15(4)8-14(3)9-16(22)5/h8-9,13H,10-12H2,1-7H3,(H,23,27)(H,24,28). The van der Waals surface area contributed by atoms with Gasteiger partial charge in [0, 0.05) is 23.5 Å². The predicted molar refractivity (Wildman–Crippen MR) is 113 cm³/mol. The van der Waals surface area contributed by atoms with E-state index in [-0.39, 0.29) is 24.8 Å². The second-order valence-electron chi connectivity index (χ2n) is 8.00.